The van der Waals surface area contributed by atoms with E-state index in [1.807, 2.05) is 0 Å². The first-order valence-corrected chi connectivity index (χ1v) is 22.0. The third kappa shape index (κ3) is 5.03. The van der Waals surface area contributed by atoms with Crippen molar-refractivity contribution in [3.63, 3.8) is 0 Å². The molecule has 1 heteroatoms. The van der Waals surface area contributed by atoms with Gasteiger partial charge in [0.2, 0.25) is 0 Å². The molecule has 0 radical (unpaired) electrons. The zero-order chi connectivity index (χ0) is 41.8. The molecule has 0 heterocycles. The number of anilines is 3. The van der Waals surface area contributed by atoms with Crippen LogP contribution in [0.15, 0.2) is 212 Å². The first-order chi connectivity index (χ1) is 30.3. The van der Waals surface area contributed by atoms with Crippen molar-refractivity contribution in [3.8, 4) is 44.5 Å². The van der Waals surface area contributed by atoms with Crippen molar-refractivity contribution in [2.24, 2.45) is 0 Å². The van der Waals surface area contributed by atoms with E-state index in [2.05, 4.69) is 245 Å². The summed E-state index contributed by atoms with van der Waals surface area (Å²) in [7, 11) is 0. The highest BCUT2D eigenvalue weighted by molar-refractivity contribution is 5.98. The summed E-state index contributed by atoms with van der Waals surface area (Å²) in [6.45, 7) is 9.62. The number of hydrogen-bond acceptors (Lipinski definition) is 1. The summed E-state index contributed by atoms with van der Waals surface area (Å²) < 4.78 is 0. The summed E-state index contributed by atoms with van der Waals surface area (Å²) in [6, 6.07) is 79.6. The molecule has 0 spiro atoms. The highest BCUT2D eigenvalue weighted by Gasteiger charge is 2.47. The third-order valence-corrected chi connectivity index (χ3v) is 14.6. The quantitative estimate of drug-likeness (QED) is 0.162. The molecule has 0 atom stereocenters. The molecule has 0 fully saturated rings. The molecular formula is C61H47N. The fourth-order valence-electron chi connectivity index (χ4n) is 11.6. The zero-order valence-corrected chi connectivity index (χ0v) is 35.7. The molecule has 0 bridgehead atoms. The van der Waals surface area contributed by atoms with Crippen molar-refractivity contribution in [2.45, 2.75) is 43.9 Å². The molecule has 0 saturated heterocycles. The van der Waals surface area contributed by atoms with Crippen LogP contribution in [0.3, 0.4) is 0 Å². The minimum Gasteiger partial charge on any atom is -0.310 e. The molecule has 12 rings (SSSR count). The van der Waals surface area contributed by atoms with Crippen LogP contribution in [0.2, 0.25) is 0 Å². The second kappa shape index (κ2) is 13.4. The van der Waals surface area contributed by atoms with Crippen LogP contribution >= 0.6 is 0 Å². The minimum atomic E-state index is -0.512. The number of rotatable bonds is 6. The summed E-state index contributed by atoms with van der Waals surface area (Å²) in [5, 5.41) is 0. The standard InChI is InChI=1S/C61H47N/c1-59(2)51-27-16-14-26-47(51)49-38-55-50(39-54(49)59)58-53(60(55,3)4)29-18-30-57(58)62(44-33-31-41(32-34-44)40-19-8-5-9-20-40)45-35-36-48-46-25-15-17-28-52(46)61(56(48)37-45,42-21-10-6-11-22-42)43-23-12-7-13-24-43/h5-39H,1-4H3. The monoisotopic (exact) mass is 793 g/mol. The van der Waals surface area contributed by atoms with Gasteiger partial charge in [0.15, 0.2) is 0 Å². The maximum atomic E-state index is 2.55. The Labute approximate surface area is 365 Å². The van der Waals surface area contributed by atoms with Gasteiger partial charge < -0.3 is 4.90 Å². The Hall–Kier alpha value is -7.22. The van der Waals surface area contributed by atoms with Crippen molar-refractivity contribution >= 4 is 17.1 Å². The number of nitrogens with zero attached hydrogens (tertiary/aromatic N) is 1. The predicted octanol–water partition coefficient (Wildman–Crippen LogP) is 15.8. The molecule has 9 aromatic rings. The van der Waals surface area contributed by atoms with Gasteiger partial charge in [0.05, 0.1) is 11.1 Å². The van der Waals surface area contributed by atoms with Crippen LogP contribution in [0, 0.1) is 0 Å². The van der Waals surface area contributed by atoms with Crippen molar-refractivity contribution in [1.82, 2.24) is 0 Å². The average molecular weight is 794 g/mol. The zero-order valence-electron chi connectivity index (χ0n) is 35.7. The lowest BCUT2D eigenvalue weighted by Crippen LogP contribution is -2.28. The largest absolute Gasteiger partial charge is 0.310 e. The van der Waals surface area contributed by atoms with Gasteiger partial charge >= 0.3 is 0 Å². The predicted molar refractivity (Wildman–Crippen MR) is 259 cm³/mol. The van der Waals surface area contributed by atoms with E-state index in [1.165, 1.54) is 94.7 Å². The van der Waals surface area contributed by atoms with E-state index in [4.69, 9.17) is 0 Å². The fraction of sp³-hybridized carbons (Fsp3) is 0.115. The Bertz CT molecular complexity index is 3170. The first kappa shape index (κ1) is 36.6. The molecule has 0 aromatic heterocycles. The average Bonchev–Trinajstić information content (AvgIpc) is 3.84. The number of fused-ring (bicyclic) bond motifs is 9. The Morgan fingerprint density at radius 2 is 0.790 bits per heavy atom. The van der Waals surface area contributed by atoms with Gasteiger partial charge in [-0.15, -0.1) is 0 Å². The minimum absolute atomic E-state index is 0.108. The maximum Gasteiger partial charge on any atom is 0.0714 e. The maximum absolute atomic E-state index is 2.55. The van der Waals surface area contributed by atoms with Crippen molar-refractivity contribution in [1.29, 1.82) is 0 Å². The molecular weight excluding hydrogens is 747 g/mol. The van der Waals surface area contributed by atoms with E-state index in [-0.39, 0.29) is 10.8 Å². The molecule has 0 saturated carbocycles. The number of hydrogen-bond donors (Lipinski definition) is 0. The summed E-state index contributed by atoms with van der Waals surface area (Å²) in [6.07, 6.45) is 0. The molecule has 0 N–H and O–H groups in total. The Balaban J connectivity index is 1.13. The van der Waals surface area contributed by atoms with Gasteiger partial charge in [-0.05, 0) is 126 Å². The highest BCUT2D eigenvalue weighted by Crippen LogP contribution is 2.61. The summed E-state index contributed by atoms with van der Waals surface area (Å²) in [5.41, 5.74) is 23.7. The van der Waals surface area contributed by atoms with Crippen LogP contribution in [-0.2, 0) is 16.2 Å². The molecule has 0 unspecified atom stereocenters. The van der Waals surface area contributed by atoms with E-state index in [0.29, 0.717) is 0 Å². The van der Waals surface area contributed by atoms with Gasteiger partial charge in [-0.25, -0.2) is 0 Å². The van der Waals surface area contributed by atoms with Crippen molar-refractivity contribution < 1.29 is 0 Å². The first-order valence-electron chi connectivity index (χ1n) is 22.0. The van der Waals surface area contributed by atoms with Gasteiger partial charge in [0.25, 0.3) is 0 Å². The van der Waals surface area contributed by atoms with E-state index in [0.717, 1.165) is 11.4 Å². The van der Waals surface area contributed by atoms with Crippen LogP contribution in [0.25, 0.3) is 44.5 Å². The van der Waals surface area contributed by atoms with Gasteiger partial charge in [-0.3, -0.25) is 0 Å². The number of benzene rings is 9. The van der Waals surface area contributed by atoms with Gasteiger partial charge in [-0.1, -0.05) is 198 Å². The van der Waals surface area contributed by atoms with E-state index in [9.17, 15) is 0 Å². The lowest BCUT2D eigenvalue weighted by atomic mass is 9.67. The van der Waals surface area contributed by atoms with Crippen LogP contribution < -0.4 is 4.90 Å². The summed E-state index contributed by atoms with van der Waals surface area (Å²) in [4.78, 5) is 2.54. The molecule has 62 heavy (non-hydrogen) atoms. The van der Waals surface area contributed by atoms with E-state index < -0.39 is 5.41 Å². The summed E-state index contributed by atoms with van der Waals surface area (Å²) >= 11 is 0. The van der Waals surface area contributed by atoms with Gasteiger partial charge in [-0.2, -0.15) is 0 Å². The lowest BCUT2D eigenvalue weighted by Gasteiger charge is -2.35. The normalized spacial score (nSPS) is 15.2. The fourth-order valence-corrected chi connectivity index (χ4v) is 11.6. The molecule has 1 nitrogen and oxygen atoms in total. The SMILES string of the molecule is CC1(C)c2ccccc2-c2cc3c(cc21)-c1c(N(c2ccc(-c4ccccc4)cc2)c2ccc4c(c2)C(c2ccccc2)(c2ccccc2)c2ccccc2-4)cccc1C3(C)C. The smallest absolute Gasteiger partial charge is 0.0714 e. The Morgan fingerprint density at radius 3 is 1.47 bits per heavy atom. The molecule has 296 valence electrons. The van der Waals surface area contributed by atoms with Crippen LogP contribution in [-0.4, -0.2) is 0 Å². The Morgan fingerprint density at radius 1 is 0.306 bits per heavy atom. The highest BCUT2D eigenvalue weighted by atomic mass is 15.1. The van der Waals surface area contributed by atoms with Gasteiger partial charge in [0, 0.05) is 27.8 Å². The van der Waals surface area contributed by atoms with Gasteiger partial charge in [0.1, 0.15) is 0 Å². The Kier molecular flexibility index (Phi) is 7.91. The van der Waals surface area contributed by atoms with Crippen LogP contribution in [0.1, 0.15) is 72.2 Å². The second-order valence-electron chi connectivity index (χ2n) is 18.4. The van der Waals surface area contributed by atoms with Crippen molar-refractivity contribution in [2.75, 3.05) is 4.90 Å². The van der Waals surface area contributed by atoms with E-state index >= 15 is 0 Å². The summed E-state index contributed by atoms with van der Waals surface area (Å²) in [5.74, 6) is 0. The molecule has 3 aliphatic rings. The van der Waals surface area contributed by atoms with Crippen LogP contribution in [0.4, 0.5) is 17.1 Å². The topological polar surface area (TPSA) is 3.24 Å². The van der Waals surface area contributed by atoms with Crippen molar-refractivity contribution in [3.05, 3.63) is 257 Å². The lowest BCUT2D eigenvalue weighted by molar-refractivity contribution is 0.652. The molecule has 0 aliphatic heterocycles. The second-order valence-corrected chi connectivity index (χ2v) is 18.4. The van der Waals surface area contributed by atoms with Crippen LogP contribution in [0.5, 0.6) is 0 Å². The third-order valence-electron chi connectivity index (χ3n) is 14.6. The molecule has 3 aliphatic carbocycles. The van der Waals surface area contributed by atoms with E-state index in [1.54, 1.807) is 0 Å². The molecule has 9 aromatic carbocycles. The molecule has 0 amide bonds.